The van der Waals surface area contributed by atoms with Crippen molar-refractivity contribution in [2.45, 2.75) is 95.3 Å². The maximum Gasteiger partial charge on any atom is 1.00 e. The van der Waals surface area contributed by atoms with Crippen molar-refractivity contribution < 1.29 is 126 Å². The summed E-state index contributed by atoms with van der Waals surface area (Å²) >= 11 is 0. The van der Waals surface area contributed by atoms with E-state index in [1.165, 1.54) is 44.9 Å². The van der Waals surface area contributed by atoms with E-state index in [9.17, 15) is 32.8 Å². The van der Waals surface area contributed by atoms with Crippen LogP contribution < -0.4 is 98.9 Å². The van der Waals surface area contributed by atoms with Crippen LogP contribution in [0.3, 0.4) is 0 Å². The van der Waals surface area contributed by atoms with Gasteiger partial charge in [-0.2, -0.15) is 0 Å². The van der Waals surface area contributed by atoms with Crippen LogP contribution in [0.4, 0.5) is 0 Å². The largest absolute Gasteiger partial charge is 1.00 e. The number of ether oxygens (including phenoxy) is 1. The predicted octanol–water partition coefficient (Wildman–Crippen LogP) is -8.50. The fraction of sp³-hybridized carbons (Fsp3) is 0.889. The number of hydrogen-bond donors (Lipinski definition) is 0. The monoisotopic (exact) mass is 476 g/mol. The average Bonchev–Trinajstić information content (AvgIpc) is 2.56. The first-order valence-corrected chi connectivity index (χ1v) is 11.2. The Bertz CT molecular complexity index is 532. The third kappa shape index (κ3) is 20.4. The minimum Gasteiger partial charge on any atom is -0.747 e. The van der Waals surface area contributed by atoms with Crippen molar-refractivity contribution in [2.24, 2.45) is 0 Å². The summed E-state index contributed by atoms with van der Waals surface area (Å²) in [6.07, 6.45) is 10.7. The van der Waals surface area contributed by atoms with E-state index in [1.807, 2.05) is 0 Å². The molecule has 0 aliphatic rings. The summed E-state index contributed by atoms with van der Waals surface area (Å²) in [5.41, 5.74) is 0. The van der Waals surface area contributed by atoms with Gasteiger partial charge in [-0.3, -0.25) is 0 Å². The smallest absolute Gasteiger partial charge is 0.747 e. The van der Waals surface area contributed by atoms with Crippen molar-refractivity contribution in [3.63, 3.8) is 0 Å². The molecule has 30 heavy (non-hydrogen) atoms. The molecule has 0 fully saturated rings. The summed E-state index contributed by atoms with van der Waals surface area (Å²) < 4.78 is 37.5. The molecule has 0 aliphatic carbocycles. The normalized spacial score (nSPS) is 12.6. The molecule has 0 radical (unpaired) electrons. The summed E-state index contributed by atoms with van der Waals surface area (Å²) in [4.78, 5) is 21.7. The molecule has 160 valence electrons. The molecule has 0 N–H and O–H groups in total. The van der Waals surface area contributed by atoms with Crippen molar-refractivity contribution in [1.29, 1.82) is 0 Å². The number of aliphatic carboxylic acids is 2. The summed E-state index contributed by atoms with van der Waals surface area (Å²) in [7, 11) is -5.43. The van der Waals surface area contributed by atoms with Crippen LogP contribution >= 0.6 is 0 Å². The number of hydrogen-bond acceptors (Lipinski definition) is 8. The minimum atomic E-state index is -5.43. The minimum absolute atomic E-state index is 0. The Morgan fingerprint density at radius 2 is 1.10 bits per heavy atom. The van der Waals surface area contributed by atoms with E-state index < -0.39 is 33.4 Å². The van der Waals surface area contributed by atoms with Gasteiger partial charge in [0.05, 0.1) is 11.9 Å². The van der Waals surface area contributed by atoms with Crippen molar-refractivity contribution in [2.75, 3.05) is 6.61 Å². The third-order valence-corrected chi connectivity index (χ3v) is 5.41. The standard InChI is InChI=1S/C18H34O8S.3Na/c1-2-3-4-5-6-7-8-9-10-11-12-13-14-26-15(17(19)20)16(18(21)22)27(23,24)25;;;/h15-16H,2-14H2,1H3,(H,19,20)(H,21,22)(H,23,24,25);;;/q;3*+1/p-3. The van der Waals surface area contributed by atoms with Crippen LogP contribution in [-0.2, 0) is 24.4 Å². The van der Waals surface area contributed by atoms with Gasteiger partial charge in [-0.1, -0.05) is 77.6 Å². The molecule has 12 heteroatoms. The van der Waals surface area contributed by atoms with Gasteiger partial charge in [-0.05, 0) is 6.42 Å². The summed E-state index contributed by atoms with van der Waals surface area (Å²) in [6.45, 7) is 2.02. The fourth-order valence-electron chi connectivity index (χ4n) is 2.83. The second-order valence-electron chi connectivity index (χ2n) is 6.73. The van der Waals surface area contributed by atoms with Gasteiger partial charge in [0.2, 0.25) is 0 Å². The van der Waals surface area contributed by atoms with Gasteiger partial charge in [0.25, 0.3) is 0 Å². The molecule has 0 spiro atoms. The first-order chi connectivity index (χ1) is 12.7. The van der Waals surface area contributed by atoms with Crippen molar-refractivity contribution >= 4 is 22.1 Å². The molecule has 0 bridgehead atoms. The average molecular weight is 476 g/mol. The first-order valence-electron chi connectivity index (χ1n) is 9.69. The van der Waals surface area contributed by atoms with Crippen LogP contribution in [0.15, 0.2) is 0 Å². The Balaban J connectivity index is -0.00000113. The molecule has 8 nitrogen and oxygen atoms in total. The Kier molecular flexibility index (Phi) is 31.2. The van der Waals surface area contributed by atoms with Crippen LogP contribution in [0, 0.1) is 0 Å². The molecule has 0 aromatic heterocycles. The molecular weight excluding hydrogens is 445 g/mol. The van der Waals surface area contributed by atoms with Crippen LogP contribution in [0.5, 0.6) is 0 Å². The molecule has 0 saturated heterocycles. The Hall–Kier alpha value is 1.81. The summed E-state index contributed by atoms with van der Waals surface area (Å²) in [5.74, 6) is -4.38. The zero-order chi connectivity index (χ0) is 20.7. The van der Waals surface area contributed by atoms with Crippen LogP contribution in [0.2, 0.25) is 0 Å². The molecule has 0 saturated carbocycles. The van der Waals surface area contributed by atoms with Gasteiger partial charge in [0, 0.05) is 6.61 Å². The Labute approximate surface area is 247 Å². The molecule has 0 heterocycles. The van der Waals surface area contributed by atoms with Gasteiger partial charge < -0.3 is 29.1 Å². The van der Waals surface area contributed by atoms with Gasteiger partial charge in [-0.15, -0.1) is 0 Å². The second-order valence-corrected chi connectivity index (χ2v) is 8.23. The topological polar surface area (TPSA) is 147 Å². The van der Waals surface area contributed by atoms with E-state index in [-0.39, 0.29) is 95.3 Å². The predicted molar refractivity (Wildman–Crippen MR) is 94.3 cm³/mol. The Morgan fingerprint density at radius 1 is 0.733 bits per heavy atom. The van der Waals surface area contributed by atoms with Crippen molar-refractivity contribution in [3.8, 4) is 0 Å². The molecule has 0 aromatic carbocycles. The van der Waals surface area contributed by atoms with E-state index in [1.54, 1.807) is 0 Å². The van der Waals surface area contributed by atoms with Gasteiger partial charge in [0.15, 0.2) is 0 Å². The summed E-state index contributed by atoms with van der Waals surface area (Å²) in [6, 6.07) is 0. The van der Waals surface area contributed by atoms with E-state index in [0.717, 1.165) is 25.7 Å². The van der Waals surface area contributed by atoms with E-state index in [4.69, 9.17) is 4.74 Å². The fourth-order valence-corrected chi connectivity index (χ4v) is 3.55. The zero-order valence-electron chi connectivity index (χ0n) is 19.0. The number of unbranched alkanes of at least 4 members (excludes halogenated alkanes) is 11. The second kappa shape index (κ2) is 24.0. The molecule has 2 unspecified atom stereocenters. The number of rotatable bonds is 18. The van der Waals surface area contributed by atoms with Gasteiger partial charge in [-0.25, -0.2) is 8.42 Å². The molecule has 2 atom stereocenters. The third-order valence-electron chi connectivity index (χ3n) is 4.35. The SMILES string of the molecule is CCCCCCCCCCCCCCOC(C(=O)[O-])C(C(=O)[O-])S(=O)(=O)[O-].[Na+].[Na+].[Na+]. The van der Waals surface area contributed by atoms with Crippen molar-refractivity contribution in [1.82, 2.24) is 0 Å². The molecule has 0 rings (SSSR count). The first kappa shape index (κ1) is 39.0. The van der Waals surface area contributed by atoms with Crippen LogP contribution in [0.25, 0.3) is 0 Å². The summed E-state index contributed by atoms with van der Waals surface area (Å²) in [5, 5.41) is 18.9. The zero-order valence-corrected chi connectivity index (χ0v) is 25.8. The van der Waals surface area contributed by atoms with E-state index in [2.05, 4.69) is 6.92 Å². The maximum absolute atomic E-state index is 10.9. The molecule has 0 aromatic rings. The molecule has 0 aliphatic heterocycles. The quantitative estimate of drug-likeness (QED) is 0.108. The molecule has 0 amide bonds. The Morgan fingerprint density at radius 3 is 1.40 bits per heavy atom. The maximum atomic E-state index is 10.9. The van der Waals surface area contributed by atoms with E-state index >= 15 is 0 Å². The number of carboxylic acid groups (broad SMARTS) is 2. The van der Waals surface area contributed by atoms with Crippen LogP contribution in [0.1, 0.15) is 84.0 Å². The van der Waals surface area contributed by atoms with Gasteiger partial charge >= 0.3 is 88.7 Å². The number of carbonyl (C=O) groups excluding carboxylic acids is 2. The van der Waals surface area contributed by atoms with Gasteiger partial charge in [0.1, 0.15) is 21.5 Å². The number of carboxylic acids is 2. The molecular formula is C18H31Na3O8S. The van der Waals surface area contributed by atoms with Crippen LogP contribution in [-0.4, -0.2) is 42.9 Å². The number of carbonyl (C=O) groups is 2. The van der Waals surface area contributed by atoms with E-state index in [0.29, 0.717) is 6.42 Å². The van der Waals surface area contributed by atoms with Crippen molar-refractivity contribution in [3.05, 3.63) is 0 Å².